The Balaban J connectivity index is 1.62. The molecule has 0 saturated heterocycles. The molecule has 10 heteroatoms. The first-order chi connectivity index (χ1) is 13.2. The molecule has 0 saturated carbocycles. The summed E-state index contributed by atoms with van der Waals surface area (Å²) < 4.78 is 62.4. The van der Waals surface area contributed by atoms with Crippen LogP contribution in [0.5, 0.6) is 11.5 Å². The van der Waals surface area contributed by atoms with Gasteiger partial charge in [0, 0.05) is 25.1 Å². The van der Waals surface area contributed by atoms with Crippen LogP contribution in [0.1, 0.15) is 12.8 Å². The van der Waals surface area contributed by atoms with E-state index in [0.29, 0.717) is 23.3 Å². The van der Waals surface area contributed by atoms with E-state index in [1.54, 1.807) is 18.2 Å². The van der Waals surface area contributed by atoms with Crippen LogP contribution in [0.25, 0.3) is 0 Å². The van der Waals surface area contributed by atoms with E-state index >= 15 is 0 Å². The van der Waals surface area contributed by atoms with Gasteiger partial charge in [-0.3, -0.25) is 9.10 Å². The zero-order chi connectivity index (χ0) is 20.3. The van der Waals surface area contributed by atoms with Crippen LogP contribution < -0.4 is 19.1 Å². The third-order valence-electron chi connectivity index (χ3n) is 4.01. The number of halogens is 2. The van der Waals surface area contributed by atoms with Crippen molar-refractivity contribution in [2.24, 2.45) is 0 Å². The molecule has 0 bridgehead atoms. The number of carbonyl (C=O) groups excluding carboxylic acids is 1. The molecular weight excluding hydrogens is 394 g/mol. The van der Waals surface area contributed by atoms with Crippen LogP contribution in [0.4, 0.5) is 20.2 Å². The lowest BCUT2D eigenvalue weighted by Gasteiger charge is -2.22. The molecule has 0 unspecified atom stereocenters. The van der Waals surface area contributed by atoms with E-state index in [1.165, 1.54) is 0 Å². The van der Waals surface area contributed by atoms with E-state index in [2.05, 4.69) is 5.32 Å². The molecule has 1 N–H and O–H groups in total. The lowest BCUT2D eigenvalue weighted by Crippen LogP contribution is -2.31. The van der Waals surface area contributed by atoms with Gasteiger partial charge in [-0.05, 0) is 30.7 Å². The Bertz CT molecular complexity index is 997. The predicted molar refractivity (Wildman–Crippen MR) is 99.0 cm³/mol. The van der Waals surface area contributed by atoms with Crippen LogP contribution in [0.3, 0.4) is 0 Å². The summed E-state index contributed by atoms with van der Waals surface area (Å²) in [6.45, 7) is 0.107. The maximum atomic E-state index is 13.6. The van der Waals surface area contributed by atoms with E-state index in [4.69, 9.17) is 9.47 Å². The van der Waals surface area contributed by atoms with Gasteiger partial charge in [-0.15, -0.1) is 0 Å². The molecule has 0 atom stereocenters. The first-order valence-corrected chi connectivity index (χ1v) is 10.2. The molecular formula is C18H18F2N2O5S. The quantitative estimate of drug-likeness (QED) is 0.756. The highest BCUT2D eigenvalue weighted by atomic mass is 32.2. The van der Waals surface area contributed by atoms with E-state index in [1.807, 2.05) is 0 Å². The highest BCUT2D eigenvalue weighted by Gasteiger charge is 2.21. The Morgan fingerprint density at radius 3 is 2.61 bits per heavy atom. The summed E-state index contributed by atoms with van der Waals surface area (Å²) in [6.07, 6.45) is 1.20. The number of nitrogens with zero attached hydrogens (tertiary/aromatic N) is 1. The molecule has 2 aromatic rings. The normalized spacial score (nSPS) is 12.7. The number of hydrogen-bond acceptors (Lipinski definition) is 5. The van der Waals surface area contributed by atoms with Crippen LogP contribution in [0.15, 0.2) is 36.4 Å². The van der Waals surface area contributed by atoms with Crippen molar-refractivity contribution in [3.05, 3.63) is 48.0 Å². The average molecular weight is 412 g/mol. The van der Waals surface area contributed by atoms with Crippen molar-refractivity contribution in [1.29, 1.82) is 0 Å². The SMILES string of the molecule is CS(=O)(=O)N(CCCC(=O)Nc1ccc(F)cc1F)c1ccc2c(c1)OCO2. The number of carbonyl (C=O) groups is 1. The van der Waals surface area contributed by atoms with Gasteiger partial charge in [-0.1, -0.05) is 0 Å². The van der Waals surface area contributed by atoms with Gasteiger partial charge < -0.3 is 14.8 Å². The summed E-state index contributed by atoms with van der Waals surface area (Å²) in [4.78, 5) is 12.0. The molecule has 0 aliphatic carbocycles. The molecule has 1 amide bonds. The predicted octanol–water partition coefficient (Wildman–Crippen LogP) is 2.88. The zero-order valence-corrected chi connectivity index (χ0v) is 15.8. The van der Waals surface area contributed by atoms with E-state index in [-0.39, 0.29) is 31.9 Å². The lowest BCUT2D eigenvalue weighted by molar-refractivity contribution is -0.116. The average Bonchev–Trinajstić information content (AvgIpc) is 3.07. The molecule has 0 spiro atoms. The Hall–Kier alpha value is -2.88. The molecule has 7 nitrogen and oxygen atoms in total. The number of hydrogen-bond donors (Lipinski definition) is 1. The Morgan fingerprint density at radius 2 is 1.89 bits per heavy atom. The molecule has 1 heterocycles. The maximum Gasteiger partial charge on any atom is 0.232 e. The highest BCUT2D eigenvalue weighted by Crippen LogP contribution is 2.36. The monoisotopic (exact) mass is 412 g/mol. The molecule has 150 valence electrons. The van der Waals surface area contributed by atoms with Crippen molar-refractivity contribution < 1.29 is 31.5 Å². The minimum Gasteiger partial charge on any atom is -0.454 e. The van der Waals surface area contributed by atoms with Crippen molar-refractivity contribution in [3.63, 3.8) is 0 Å². The number of fused-ring (bicyclic) bond motifs is 1. The highest BCUT2D eigenvalue weighted by molar-refractivity contribution is 7.92. The third-order valence-corrected chi connectivity index (χ3v) is 5.21. The summed E-state index contributed by atoms with van der Waals surface area (Å²) in [7, 11) is -3.60. The third kappa shape index (κ3) is 4.69. The van der Waals surface area contributed by atoms with Gasteiger partial charge in [0.15, 0.2) is 11.5 Å². The van der Waals surface area contributed by atoms with Crippen LogP contribution in [-0.4, -0.2) is 33.9 Å². The Morgan fingerprint density at radius 1 is 1.14 bits per heavy atom. The van der Waals surface area contributed by atoms with Crippen LogP contribution in [0.2, 0.25) is 0 Å². The summed E-state index contributed by atoms with van der Waals surface area (Å²) in [6, 6.07) is 7.57. The lowest BCUT2D eigenvalue weighted by atomic mass is 10.2. The Kier molecular flexibility index (Phi) is 5.68. The molecule has 3 rings (SSSR count). The topological polar surface area (TPSA) is 84.9 Å². The zero-order valence-electron chi connectivity index (χ0n) is 14.9. The second-order valence-electron chi connectivity index (χ2n) is 6.15. The molecule has 0 aromatic heterocycles. The van der Waals surface area contributed by atoms with E-state index in [0.717, 1.165) is 22.7 Å². The molecule has 2 aromatic carbocycles. The summed E-state index contributed by atoms with van der Waals surface area (Å²) in [5.74, 6) is -1.17. The number of rotatable bonds is 7. The van der Waals surface area contributed by atoms with Gasteiger partial charge in [0.05, 0.1) is 17.6 Å². The van der Waals surface area contributed by atoms with Crippen molar-refractivity contribution in [1.82, 2.24) is 0 Å². The fourth-order valence-electron chi connectivity index (χ4n) is 2.71. The number of nitrogens with one attached hydrogen (secondary N) is 1. The summed E-state index contributed by atoms with van der Waals surface area (Å²) in [5.41, 5.74) is 0.249. The van der Waals surface area contributed by atoms with Crippen molar-refractivity contribution in [2.45, 2.75) is 12.8 Å². The van der Waals surface area contributed by atoms with Gasteiger partial charge in [0.1, 0.15) is 11.6 Å². The van der Waals surface area contributed by atoms with Gasteiger partial charge >= 0.3 is 0 Å². The van der Waals surface area contributed by atoms with E-state index < -0.39 is 27.6 Å². The van der Waals surface area contributed by atoms with Gasteiger partial charge in [-0.2, -0.15) is 0 Å². The number of amides is 1. The summed E-state index contributed by atoms with van der Waals surface area (Å²) in [5, 5.41) is 2.34. The first-order valence-electron chi connectivity index (χ1n) is 8.36. The van der Waals surface area contributed by atoms with Gasteiger partial charge in [-0.25, -0.2) is 17.2 Å². The minimum absolute atomic E-state index is 0.0395. The largest absolute Gasteiger partial charge is 0.454 e. The van der Waals surface area contributed by atoms with Crippen molar-refractivity contribution in [3.8, 4) is 11.5 Å². The maximum absolute atomic E-state index is 13.6. The second-order valence-corrected chi connectivity index (χ2v) is 8.06. The van der Waals surface area contributed by atoms with Crippen molar-refractivity contribution >= 4 is 27.3 Å². The fourth-order valence-corrected chi connectivity index (χ4v) is 3.67. The molecule has 0 radical (unpaired) electrons. The van der Waals surface area contributed by atoms with Gasteiger partial charge in [0.2, 0.25) is 22.7 Å². The van der Waals surface area contributed by atoms with Crippen LogP contribution >= 0.6 is 0 Å². The number of benzene rings is 2. The second kappa shape index (κ2) is 8.01. The van der Waals surface area contributed by atoms with E-state index in [9.17, 15) is 22.0 Å². The number of ether oxygens (including phenoxy) is 2. The number of anilines is 2. The van der Waals surface area contributed by atoms with Crippen molar-refractivity contribution in [2.75, 3.05) is 29.2 Å². The van der Waals surface area contributed by atoms with Crippen LogP contribution in [-0.2, 0) is 14.8 Å². The number of sulfonamides is 1. The fraction of sp³-hybridized carbons (Fsp3) is 0.278. The minimum atomic E-state index is -3.60. The molecule has 1 aliphatic heterocycles. The Labute approximate surface area is 160 Å². The first kappa shape index (κ1) is 19.9. The molecule has 28 heavy (non-hydrogen) atoms. The van der Waals surface area contributed by atoms with Gasteiger partial charge in [0.25, 0.3) is 0 Å². The van der Waals surface area contributed by atoms with Crippen LogP contribution in [0, 0.1) is 11.6 Å². The molecule has 1 aliphatic rings. The molecule has 0 fully saturated rings. The standard InChI is InChI=1S/C18H18F2N2O5S/c1-28(24,25)22(13-5-7-16-17(10-13)27-11-26-16)8-2-3-18(23)21-15-6-4-12(19)9-14(15)20/h4-7,9-10H,2-3,8,11H2,1H3,(H,21,23). The summed E-state index contributed by atoms with van der Waals surface area (Å²) >= 11 is 0. The smallest absolute Gasteiger partial charge is 0.232 e.